The fourth-order valence-corrected chi connectivity index (χ4v) is 1.77. The van der Waals surface area contributed by atoms with Gasteiger partial charge in [-0.1, -0.05) is 26.8 Å². The quantitative estimate of drug-likeness (QED) is 0.405. The summed E-state index contributed by atoms with van der Waals surface area (Å²) in [5.41, 5.74) is 1.26. The minimum absolute atomic E-state index is 0.0753. The summed E-state index contributed by atoms with van der Waals surface area (Å²) < 4.78 is 5.06. The number of hydrogen-bond donors (Lipinski definition) is 0. The van der Waals surface area contributed by atoms with Gasteiger partial charge in [0.05, 0.1) is 0 Å². The Morgan fingerprint density at radius 2 is 2.13 bits per heavy atom. The minimum atomic E-state index is -0.113. The molecule has 0 saturated carbocycles. The third kappa shape index (κ3) is 4.50. The van der Waals surface area contributed by atoms with Crippen LogP contribution in [0.1, 0.15) is 53.4 Å². The largest absolute Gasteiger partial charge is 0.459 e. The Balaban J connectivity index is 2.30. The van der Waals surface area contributed by atoms with Crippen molar-refractivity contribution in [3.8, 4) is 0 Å². The van der Waals surface area contributed by atoms with Crippen LogP contribution in [0.25, 0.3) is 0 Å². The van der Waals surface area contributed by atoms with E-state index in [1.807, 2.05) is 6.92 Å². The van der Waals surface area contributed by atoms with Crippen molar-refractivity contribution in [1.29, 1.82) is 0 Å². The Morgan fingerprint density at radius 1 is 1.47 bits per heavy atom. The number of hydrogen-bond acceptors (Lipinski definition) is 2. The zero-order valence-electron chi connectivity index (χ0n) is 10.3. The zero-order valence-corrected chi connectivity index (χ0v) is 10.3. The van der Waals surface area contributed by atoms with Crippen molar-refractivity contribution in [2.75, 3.05) is 0 Å². The maximum atomic E-state index is 11.3. The van der Waals surface area contributed by atoms with E-state index in [0.717, 1.165) is 24.8 Å². The molecule has 1 atom stereocenters. The Hall–Kier alpha value is -0.790. The monoisotopic (exact) mass is 210 g/mol. The lowest BCUT2D eigenvalue weighted by molar-refractivity contribution is -0.138. The number of ether oxygens (including phenoxy) is 1. The third-order valence-corrected chi connectivity index (χ3v) is 2.60. The number of unbranched alkanes of at least 4 members (excludes halogenated alkanes) is 1. The van der Waals surface area contributed by atoms with Crippen LogP contribution in [0.5, 0.6) is 0 Å². The van der Waals surface area contributed by atoms with Crippen LogP contribution >= 0.6 is 0 Å². The van der Waals surface area contributed by atoms with E-state index in [-0.39, 0.29) is 12.1 Å². The minimum Gasteiger partial charge on any atom is -0.459 e. The average molecular weight is 210 g/mol. The smallest absolute Gasteiger partial charge is 0.334 e. The predicted octanol–water partition coefficient (Wildman–Crippen LogP) is 3.46. The zero-order chi connectivity index (χ0) is 11.5. The summed E-state index contributed by atoms with van der Waals surface area (Å²) in [6.07, 6.45) is 6.25. The van der Waals surface area contributed by atoms with Crippen molar-refractivity contribution >= 4 is 5.97 Å². The van der Waals surface area contributed by atoms with Crippen LogP contribution in [-0.4, -0.2) is 12.1 Å². The lowest BCUT2D eigenvalue weighted by Crippen LogP contribution is -2.03. The Kier molecular flexibility index (Phi) is 3.95. The molecule has 0 aromatic rings. The van der Waals surface area contributed by atoms with Crippen molar-refractivity contribution in [3.05, 3.63) is 11.6 Å². The van der Waals surface area contributed by atoms with Gasteiger partial charge < -0.3 is 4.74 Å². The van der Waals surface area contributed by atoms with Gasteiger partial charge in [0.25, 0.3) is 0 Å². The molecule has 15 heavy (non-hydrogen) atoms. The van der Waals surface area contributed by atoms with Gasteiger partial charge in [0.15, 0.2) is 0 Å². The van der Waals surface area contributed by atoms with Gasteiger partial charge in [0.1, 0.15) is 6.10 Å². The summed E-state index contributed by atoms with van der Waals surface area (Å²) in [4.78, 5) is 11.3. The van der Waals surface area contributed by atoms with Gasteiger partial charge in [0, 0.05) is 12.0 Å². The van der Waals surface area contributed by atoms with Gasteiger partial charge in [-0.15, -0.1) is 0 Å². The van der Waals surface area contributed by atoms with Crippen LogP contribution in [0.3, 0.4) is 0 Å². The van der Waals surface area contributed by atoms with Gasteiger partial charge in [-0.25, -0.2) is 4.79 Å². The predicted molar refractivity (Wildman–Crippen MR) is 61.6 cm³/mol. The average Bonchev–Trinajstić information content (AvgIpc) is 2.37. The van der Waals surface area contributed by atoms with Crippen molar-refractivity contribution in [1.82, 2.24) is 0 Å². The summed E-state index contributed by atoms with van der Waals surface area (Å²) >= 11 is 0. The van der Waals surface area contributed by atoms with E-state index < -0.39 is 0 Å². The van der Waals surface area contributed by atoms with Gasteiger partial charge in [0.2, 0.25) is 0 Å². The molecule has 1 fully saturated rings. The first-order chi connectivity index (χ1) is 6.88. The molecule has 1 aliphatic rings. The van der Waals surface area contributed by atoms with E-state index in [1.54, 1.807) is 0 Å². The molecule has 1 unspecified atom stereocenters. The molecule has 0 bridgehead atoms. The molecule has 0 radical (unpaired) electrons. The van der Waals surface area contributed by atoms with Crippen molar-refractivity contribution in [3.63, 3.8) is 0 Å². The highest BCUT2D eigenvalue weighted by atomic mass is 16.5. The van der Waals surface area contributed by atoms with Crippen LogP contribution < -0.4 is 0 Å². The number of rotatable bonds is 3. The lowest BCUT2D eigenvalue weighted by atomic mass is 9.89. The first-order valence-electron chi connectivity index (χ1n) is 5.78. The van der Waals surface area contributed by atoms with E-state index in [0.29, 0.717) is 5.41 Å². The third-order valence-electron chi connectivity index (χ3n) is 2.60. The van der Waals surface area contributed by atoms with Gasteiger partial charge in [-0.05, 0) is 31.6 Å². The fourth-order valence-electron chi connectivity index (χ4n) is 1.77. The van der Waals surface area contributed by atoms with E-state index in [9.17, 15) is 4.79 Å². The maximum absolute atomic E-state index is 11.3. The van der Waals surface area contributed by atoms with Crippen molar-refractivity contribution in [2.24, 2.45) is 5.41 Å². The summed E-state index contributed by atoms with van der Waals surface area (Å²) in [5, 5.41) is 0. The molecule has 0 amide bonds. The second-order valence-electron chi connectivity index (χ2n) is 5.60. The highest BCUT2D eigenvalue weighted by molar-refractivity contribution is 5.90. The molecule has 86 valence electrons. The molecule has 0 N–H and O–H groups in total. The number of esters is 1. The van der Waals surface area contributed by atoms with Crippen molar-refractivity contribution < 1.29 is 9.53 Å². The van der Waals surface area contributed by atoms with Gasteiger partial charge >= 0.3 is 5.97 Å². The molecular formula is C13H22O2. The van der Waals surface area contributed by atoms with E-state index in [2.05, 4.69) is 26.8 Å². The normalized spacial score (nSPS) is 24.7. The summed E-state index contributed by atoms with van der Waals surface area (Å²) in [5.74, 6) is -0.113. The fraction of sp³-hybridized carbons (Fsp3) is 0.769. The van der Waals surface area contributed by atoms with Crippen LogP contribution in [0, 0.1) is 5.41 Å². The molecule has 0 aromatic heterocycles. The molecule has 1 rings (SSSR count). The standard InChI is InChI=1S/C13H22O2/c1-10-9-11(12(14)15-10)7-5-6-8-13(2,3)4/h7,10H,5-6,8-9H2,1-4H3/b11-7-. The Bertz CT molecular complexity index is 258. The summed E-state index contributed by atoms with van der Waals surface area (Å²) in [6, 6.07) is 0. The van der Waals surface area contributed by atoms with E-state index in [4.69, 9.17) is 4.74 Å². The Labute approximate surface area is 92.7 Å². The Morgan fingerprint density at radius 3 is 2.60 bits per heavy atom. The number of cyclic esters (lactones) is 1. The molecule has 1 heterocycles. The number of allylic oxidation sites excluding steroid dienone is 1. The van der Waals surface area contributed by atoms with Gasteiger partial charge in [-0.2, -0.15) is 0 Å². The van der Waals surface area contributed by atoms with Crippen molar-refractivity contribution in [2.45, 2.75) is 59.5 Å². The first kappa shape index (κ1) is 12.3. The molecule has 0 aromatic carbocycles. The molecule has 1 saturated heterocycles. The number of carbonyl (C=O) groups is 1. The van der Waals surface area contributed by atoms with Crippen LogP contribution in [0.15, 0.2) is 11.6 Å². The molecule has 0 aliphatic carbocycles. The lowest BCUT2D eigenvalue weighted by Gasteiger charge is -2.16. The van der Waals surface area contributed by atoms with E-state index in [1.165, 1.54) is 6.42 Å². The molecular weight excluding hydrogens is 188 g/mol. The van der Waals surface area contributed by atoms with E-state index >= 15 is 0 Å². The highest BCUT2D eigenvalue weighted by Crippen LogP contribution is 2.24. The molecule has 1 aliphatic heterocycles. The molecule has 2 nitrogen and oxygen atoms in total. The summed E-state index contributed by atoms with van der Waals surface area (Å²) in [6.45, 7) is 8.66. The summed E-state index contributed by atoms with van der Waals surface area (Å²) in [7, 11) is 0. The highest BCUT2D eigenvalue weighted by Gasteiger charge is 2.24. The SMILES string of the molecule is CC1C/C(=C/CCCC(C)(C)C)C(=O)O1. The number of carbonyl (C=O) groups excluding carboxylic acids is 1. The van der Waals surface area contributed by atoms with Crippen LogP contribution in [0.4, 0.5) is 0 Å². The van der Waals surface area contributed by atoms with Crippen LogP contribution in [0.2, 0.25) is 0 Å². The first-order valence-corrected chi connectivity index (χ1v) is 5.78. The second kappa shape index (κ2) is 4.82. The topological polar surface area (TPSA) is 26.3 Å². The molecule has 2 heteroatoms. The molecule has 0 spiro atoms. The second-order valence-corrected chi connectivity index (χ2v) is 5.60. The van der Waals surface area contributed by atoms with Gasteiger partial charge in [-0.3, -0.25) is 0 Å². The maximum Gasteiger partial charge on any atom is 0.334 e. The van der Waals surface area contributed by atoms with Crippen LogP contribution in [-0.2, 0) is 9.53 Å².